The predicted molar refractivity (Wildman–Crippen MR) is 67.7 cm³/mol. The lowest BCUT2D eigenvalue weighted by Gasteiger charge is -2.28. The van der Waals surface area contributed by atoms with Crippen molar-refractivity contribution >= 4 is 5.69 Å². The molecule has 0 aliphatic heterocycles. The van der Waals surface area contributed by atoms with Gasteiger partial charge in [0, 0.05) is 0 Å². The lowest BCUT2D eigenvalue weighted by Crippen LogP contribution is -2.43. The molecule has 16 heavy (non-hydrogen) atoms. The molecule has 1 aromatic rings. The fourth-order valence-corrected chi connectivity index (χ4v) is 1.41. The average Bonchev–Trinajstić information content (AvgIpc) is 2.26. The van der Waals surface area contributed by atoms with E-state index >= 15 is 0 Å². The first-order valence-electron chi connectivity index (χ1n) is 5.28. The van der Waals surface area contributed by atoms with Gasteiger partial charge in [0.1, 0.15) is 18.8 Å². The maximum Gasteiger partial charge on any atom is 0.137 e. The van der Waals surface area contributed by atoms with Crippen molar-refractivity contribution in [3.05, 3.63) is 42.7 Å². The smallest absolute Gasteiger partial charge is 0.137 e. The Hall–Kier alpha value is -1.32. The van der Waals surface area contributed by atoms with Crippen LogP contribution in [0.25, 0.3) is 0 Å². The predicted octanol–water partition coefficient (Wildman–Crippen LogP) is 2.63. The highest BCUT2D eigenvalue weighted by atomic mass is 16.5. The highest BCUT2D eigenvalue weighted by Gasteiger charge is 2.17. The van der Waals surface area contributed by atoms with Crippen LogP contribution < -0.4 is 4.48 Å². The molecule has 0 aromatic heterocycles. The molecule has 0 radical (unpaired) electrons. The molecule has 0 atom stereocenters. The summed E-state index contributed by atoms with van der Waals surface area (Å²) in [6.45, 7) is 3.66. The van der Waals surface area contributed by atoms with Gasteiger partial charge in [-0.15, -0.1) is 0 Å². The van der Waals surface area contributed by atoms with Crippen LogP contribution in [-0.4, -0.2) is 32.7 Å². The van der Waals surface area contributed by atoms with Crippen LogP contribution in [-0.2, 0) is 4.74 Å². The number of ether oxygens (including phenoxy) is 1. The van der Waals surface area contributed by atoms with Gasteiger partial charge in [0.05, 0.1) is 20.4 Å². The number of para-hydroxylation sites is 1. The summed E-state index contributed by atoms with van der Waals surface area (Å²) < 4.78 is 6.19. The third kappa shape index (κ3) is 4.47. The first kappa shape index (κ1) is 14.7. The van der Waals surface area contributed by atoms with Crippen LogP contribution in [0.1, 0.15) is 6.92 Å². The average molecular weight is 223 g/mol. The molecular weight excluding hydrogens is 202 g/mol. The quantitative estimate of drug-likeness (QED) is 0.437. The molecule has 0 unspecified atom stereocenters. The van der Waals surface area contributed by atoms with Gasteiger partial charge in [-0.3, -0.25) is 4.48 Å². The van der Waals surface area contributed by atoms with Crippen molar-refractivity contribution in [2.75, 3.05) is 27.2 Å². The van der Waals surface area contributed by atoms with Crippen LogP contribution in [0, 0.1) is 0 Å². The Balaban J connectivity index is 0.00000225. The van der Waals surface area contributed by atoms with E-state index in [0.717, 1.165) is 17.6 Å². The van der Waals surface area contributed by atoms with E-state index in [4.69, 9.17) is 4.74 Å². The molecule has 0 aliphatic rings. The van der Waals surface area contributed by atoms with Crippen molar-refractivity contribution in [2.45, 2.75) is 6.92 Å². The number of rotatable bonds is 5. The fraction of sp³-hybridized carbons (Fsp3) is 0.385. The van der Waals surface area contributed by atoms with E-state index < -0.39 is 0 Å². The molecule has 1 aromatic carbocycles. The molecule has 0 fully saturated rings. The molecular formula is C13H21NO2. The number of hydrogen-bond acceptors (Lipinski definition) is 2. The highest BCUT2D eigenvalue weighted by molar-refractivity contribution is 5.40. The molecule has 3 nitrogen and oxygen atoms in total. The first-order chi connectivity index (χ1) is 7.17. The minimum absolute atomic E-state index is 0. The van der Waals surface area contributed by atoms with Crippen molar-refractivity contribution < 1.29 is 10.2 Å². The van der Waals surface area contributed by atoms with Gasteiger partial charge < -0.3 is 10.2 Å². The molecule has 1 N–H and O–H groups in total. The summed E-state index contributed by atoms with van der Waals surface area (Å²) in [5, 5.41) is 0. The normalized spacial score (nSPS) is 11.2. The largest absolute Gasteiger partial charge is 0.870 e. The van der Waals surface area contributed by atoms with Crippen LogP contribution >= 0.6 is 0 Å². The van der Waals surface area contributed by atoms with Crippen molar-refractivity contribution in [3.8, 4) is 0 Å². The van der Waals surface area contributed by atoms with E-state index in [2.05, 4.69) is 38.4 Å². The van der Waals surface area contributed by atoms with Gasteiger partial charge in [-0.05, 0) is 19.1 Å². The van der Waals surface area contributed by atoms with Crippen molar-refractivity contribution in [1.82, 2.24) is 4.48 Å². The lowest BCUT2D eigenvalue weighted by atomic mass is 10.2. The molecule has 90 valence electrons. The Bertz CT molecular complexity index is 307. The second kappa shape index (κ2) is 7.04. The van der Waals surface area contributed by atoms with E-state index in [9.17, 15) is 0 Å². The van der Waals surface area contributed by atoms with Crippen LogP contribution in [0.4, 0.5) is 5.69 Å². The van der Waals surface area contributed by atoms with E-state index in [1.807, 2.05) is 19.1 Å². The molecule has 0 aliphatic carbocycles. The maximum absolute atomic E-state index is 5.34. The summed E-state index contributed by atoms with van der Waals surface area (Å²) in [5.74, 6) is 0. The van der Waals surface area contributed by atoms with E-state index in [-0.39, 0.29) is 5.48 Å². The van der Waals surface area contributed by atoms with E-state index in [0.29, 0.717) is 0 Å². The minimum Gasteiger partial charge on any atom is -0.870 e. The van der Waals surface area contributed by atoms with Gasteiger partial charge >= 0.3 is 0 Å². The zero-order valence-corrected chi connectivity index (χ0v) is 10.3. The molecule has 0 amide bonds. The zero-order chi connectivity index (χ0) is 11.1. The summed E-state index contributed by atoms with van der Waals surface area (Å²) in [6, 6.07) is 10.5. The number of quaternary nitrogens is 1. The van der Waals surface area contributed by atoms with E-state index in [1.54, 1.807) is 6.26 Å². The number of likely N-dealkylation sites (N-methyl/N-ethyl adjacent to an activating group) is 1. The fourth-order valence-electron chi connectivity index (χ4n) is 1.41. The minimum atomic E-state index is 0. The Morgan fingerprint density at radius 1 is 1.19 bits per heavy atom. The van der Waals surface area contributed by atoms with Crippen LogP contribution in [0.15, 0.2) is 42.7 Å². The Kier molecular flexibility index (Phi) is 6.46. The summed E-state index contributed by atoms with van der Waals surface area (Å²) in [6.07, 6.45) is 3.65. The zero-order valence-electron chi connectivity index (χ0n) is 10.3. The van der Waals surface area contributed by atoms with Gasteiger partial charge in [0.15, 0.2) is 0 Å². The Morgan fingerprint density at radius 3 is 2.38 bits per heavy atom. The summed E-state index contributed by atoms with van der Waals surface area (Å²) in [5.41, 5.74) is 1.31. The molecule has 0 heterocycles. The monoisotopic (exact) mass is 223 g/mol. The number of allylic oxidation sites excluding steroid dienone is 1. The first-order valence-corrected chi connectivity index (χ1v) is 5.28. The second-order valence-electron chi connectivity index (χ2n) is 4.08. The number of benzene rings is 1. The molecule has 0 bridgehead atoms. The molecule has 3 heteroatoms. The van der Waals surface area contributed by atoms with Crippen molar-refractivity contribution in [2.24, 2.45) is 0 Å². The number of nitrogens with zero attached hydrogens (tertiary/aromatic N) is 1. The topological polar surface area (TPSA) is 39.2 Å². The third-order valence-corrected chi connectivity index (χ3v) is 2.46. The summed E-state index contributed by atoms with van der Waals surface area (Å²) in [4.78, 5) is 0. The second-order valence-corrected chi connectivity index (χ2v) is 4.08. The summed E-state index contributed by atoms with van der Waals surface area (Å²) >= 11 is 0. The number of hydrogen-bond donors (Lipinski definition) is 0. The van der Waals surface area contributed by atoms with Gasteiger partial charge in [-0.25, -0.2) is 0 Å². The maximum atomic E-state index is 5.34. The standard InChI is InChI=1S/C13H20NO.H2O/c1-4-11-15-12-10-14(2,3)13-8-6-5-7-9-13;/h4-9,11H,10,12H2,1-3H3;1H2/q+1;/p-1. The van der Waals surface area contributed by atoms with Crippen molar-refractivity contribution in [1.29, 1.82) is 0 Å². The molecule has 0 spiro atoms. The van der Waals surface area contributed by atoms with E-state index in [1.165, 1.54) is 5.69 Å². The lowest BCUT2D eigenvalue weighted by molar-refractivity contribution is 0.212. The van der Waals surface area contributed by atoms with Crippen LogP contribution in [0.5, 0.6) is 0 Å². The van der Waals surface area contributed by atoms with Gasteiger partial charge in [-0.1, -0.05) is 24.3 Å². The molecule has 0 saturated heterocycles. The highest BCUT2D eigenvalue weighted by Crippen LogP contribution is 2.17. The molecule has 0 saturated carbocycles. The van der Waals surface area contributed by atoms with Crippen LogP contribution in [0.2, 0.25) is 0 Å². The Morgan fingerprint density at radius 2 is 1.81 bits per heavy atom. The third-order valence-electron chi connectivity index (χ3n) is 2.46. The van der Waals surface area contributed by atoms with Gasteiger partial charge in [0.25, 0.3) is 0 Å². The van der Waals surface area contributed by atoms with Gasteiger partial charge in [0.2, 0.25) is 0 Å². The van der Waals surface area contributed by atoms with Crippen molar-refractivity contribution in [3.63, 3.8) is 0 Å². The Labute approximate surface area is 97.9 Å². The molecule has 1 rings (SSSR count). The SMILES string of the molecule is CC=COCC[N+](C)(C)c1ccccc1.[OH-]. The summed E-state index contributed by atoms with van der Waals surface area (Å²) in [7, 11) is 4.38. The van der Waals surface area contributed by atoms with Crippen LogP contribution in [0.3, 0.4) is 0 Å². The van der Waals surface area contributed by atoms with Gasteiger partial charge in [-0.2, -0.15) is 0 Å².